The van der Waals surface area contributed by atoms with Crippen LogP contribution in [-0.2, 0) is 11.6 Å². The van der Waals surface area contributed by atoms with Crippen molar-refractivity contribution in [3.8, 4) is 11.5 Å². The van der Waals surface area contributed by atoms with Gasteiger partial charge in [0.2, 0.25) is 0 Å². The van der Waals surface area contributed by atoms with Gasteiger partial charge in [-0.25, -0.2) is 4.79 Å². The smallest absolute Gasteiger partial charge is 0.418 e. The summed E-state index contributed by atoms with van der Waals surface area (Å²) in [5, 5.41) is 9.33. The Kier molecular flexibility index (Phi) is 6.33. The molecule has 4 aromatic rings. The topological polar surface area (TPSA) is 89.3 Å². The van der Waals surface area contributed by atoms with Crippen LogP contribution in [0.1, 0.15) is 32.1 Å². The Morgan fingerprint density at radius 3 is 2.49 bits per heavy atom. The molecule has 0 saturated heterocycles. The van der Waals surface area contributed by atoms with E-state index in [0.29, 0.717) is 5.76 Å². The van der Waals surface area contributed by atoms with Gasteiger partial charge in [0.15, 0.2) is 5.82 Å². The van der Waals surface area contributed by atoms with Crippen LogP contribution in [0.3, 0.4) is 0 Å². The maximum absolute atomic E-state index is 13.3. The van der Waals surface area contributed by atoms with Crippen LogP contribution in [0.25, 0.3) is 10.9 Å². The summed E-state index contributed by atoms with van der Waals surface area (Å²) in [5.74, 6) is 1.29. The summed E-state index contributed by atoms with van der Waals surface area (Å²) in [6, 6.07) is 10.7. The lowest BCUT2D eigenvalue weighted by Crippen LogP contribution is -2.19. The number of anilines is 2. The van der Waals surface area contributed by atoms with Crippen LogP contribution in [0, 0.1) is 0 Å². The fraction of sp³-hybridized carbons (Fsp3) is 0.208. The second kappa shape index (κ2) is 9.10. The largest absolute Gasteiger partial charge is 0.457 e. The molecule has 2 amide bonds. The number of para-hydroxylation sites is 1. The van der Waals surface area contributed by atoms with E-state index in [4.69, 9.17) is 20.9 Å². The standard InChI is InChI=1S/C24H20ClF3N4O3/c1-23(2,3)19-12-20(32-35-19)31-22(33)30-17-8-7-13(11-16(17)25)34-18-9-10-29-21-14(18)5-4-6-15(21)24(26,27)28/h4-12H,1-3H3,(H2,30,31,32,33). The predicted octanol–water partition coefficient (Wildman–Crippen LogP) is 7.63. The highest BCUT2D eigenvalue weighted by atomic mass is 35.5. The Morgan fingerprint density at radius 2 is 1.83 bits per heavy atom. The Hall–Kier alpha value is -3.79. The van der Waals surface area contributed by atoms with Gasteiger partial charge in [-0.3, -0.25) is 10.3 Å². The molecule has 7 nitrogen and oxygen atoms in total. The third kappa shape index (κ3) is 5.48. The number of nitrogens with one attached hydrogen (secondary N) is 2. The summed E-state index contributed by atoms with van der Waals surface area (Å²) < 4.78 is 51.0. The number of hydrogen-bond donors (Lipinski definition) is 2. The number of alkyl halides is 3. The lowest BCUT2D eigenvalue weighted by Gasteiger charge is -2.13. The maximum Gasteiger partial charge on any atom is 0.418 e. The first kappa shape index (κ1) is 24.3. The number of carbonyl (C=O) groups is 1. The van der Waals surface area contributed by atoms with E-state index in [1.807, 2.05) is 20.8 Å². The van der Waals surface area contributed by atoms with Crippen molar-refractivity contribution in [1.82, 2.24) is 10.1 Å². The SMILES string of the molecule is CC(C)(C)c1cc(NC(=O)Nc2ccc(Oc3ccnc4c(C(F)(F)F)cccc34)cc2Cl)no1. The number of carbonyl (C=O) groups excluding carboxylic acids is 1. The predicted molar refractivity (Wildman–Crippen MR) is 126 cm³/mol. The highest BCUT2D eigenvalue weighted by molar-refractivity contribution is 6.34. The van der Waals surface area contributed by atoms with Gasteiger partial charge in [0, 0.05) is 29.1 Å². The first-order valence-corrected chi connectivity index (χ1v) is 10.8. The third-order valence-electron chi connectivity index (χ3n) is 4.94. The van der Waals surface area contributed by atoms with Gasteiger partial charge in [0.05, 0.1) is 21.8 Å². The average Bonchev–Trinajstić information content (AvgIpc) is 3.24. The molecule has 4 rings (SSSR count). The van der Waals surface area contributed by atoms with Gasteiger partial charge in [-0.1, -0.05) is 43.6 Å². The zero-order valence-corrected chi connectivity index (χ0v) is 19.6. The zero-order valence-electron chi connectivity index (χ0n) is 18.8. The number of benzene rings is 2. The van der Waals surface area contributed by atoms with E-state index in [2.05, 4.69) is 20.8 Å². The molecule has 2 aromatic carbocycles. The fourth-order valence-electron chi connectivity index (χ4n) is 3.21. The molecule has 0 radical (unpaired) electrons. The van der Waals surface area contributed by atoms with E-state index < -0.39 is 17.8 Å². The van der Waals surface area contributed by atoms with Crippen LogP contribution in [0.4, 0.5) is 29.5 Å². The molecule has 0 aliphatic heterocycles. The molecule has 2 heterocycles. The average molecular weight is 505 g/mol. The molecule has 35 heavy (non-hydrogen) atoms. The molecule has 0 aliphatic rings. The lowest BCUT2D eigenvalue weighted by molar-refractivity contribution is -0.136. The lowest BCUT2D eigenvalue weighted by atomic mass is 9.93. The van der Waals surface area contributed by atoms with Crippen molar-refractivity contribution >= 4 is 40.0 Å². The second-order valence-electron chi connectivity index (χ2n) is 8.66. The molecule has 0 saturated carbocycles. The molecular formula is C24H20ClF3N4O3. The van der Waals surface area contributed by atoms with Crippen molar-refractivity contribution in [3.63, 3.8) is 0 Å². The number of fused-ring (bicyclic) bond motifs is 1. The molecule has 182 valence electrons. The molecule has 0 bridgehead atoms. The number of amides is 2. The number of nitrogens with zero attached hydrogens (tertiary/aromatic N) is 2. The van der Waals surface area contributed by atoms with Crippen LogP contribution < -0.4 is 15.4 Å². The Labute approximate surface area is 203 Å². The van der Waals surface area contributed by atoms with Crippen LogP contribution in [-0.4, -0.2) is 16.2 Å². The molecule has 0 fully saturated rings. The van der Waals surface area contributed by atoms with Crippen LogP contribution in [0.2, 0.25) is 5.02 Å². The van der Waals surface area contributed by atoms with Crippen LogP contribution in [0.15, 0.2) is 59.3 Å². The van der Waals surface area contributed by atoms with Crippen molar-refractivity contribution in [2.75, 3.05) is 10.6 Å². The number of aromatic nitrogens is 2. The molecule has 2 N–H and O–H groups in total. The molecule has 11 heteroatoms. The summed E-state index contributed by atoms with van der Waals surface area (Å²) in [6.45, 7) is 5.85. The van der Waals surface area contributed by atoms with Gasteiger partial charge in [0.25, 0.3) is 0 Å². The molecule has 2 aromatic heterocycles. The van der Waals surface area contributed by atoms with Crippen molar-refractivity contribution in [1.29, 1.82) is 0 Å². The quantitative estimate of drug-likeness (QED) is 0.298. The fourth-order valence-corrected chi connectivity index (χ4v) is 3.43. The highest BCUT2D eigenvalue weighted by Crippen LogP contribution is 2.38. The van der Waals surface area contributed by atoms with Gasteiger partial charge < -0.3 is 14.6 Å². The minimum Gasteiger partial charge on any atom is -0.457 e. The Balaban J connectivity index is 1.50. The van der Waals surface area contributed by atoms with Crippen molar-refractivity contribution in [3.05, 3.63) is 71.1 Å². The van der Waals surface area contributed by atoms with Crippen molar-refractivity contribution < 1.29 is 27.2 Å². The summed E-state index contributed by atoms with van der Waals surface area (Å²) in [5.41, 5.74) is -1.06. The summed E-state index contributed by atoms with van der Waals surface area (Å²) in [4.78, 5) is 16.2. The number of hydrogen-bond acceptors (Lipinski definition) is 5. The van der Waals surface area contributed by atoms with Gasteiger partial charge in [-0.15, -0.1) is 0 Å². The molecule has 0 spiro atoms. The van der Waals surface area contributed by atoms with E-state index >= 15 is 0 Å². The molecular weight excluding hydrogens is 485 g/mol. The van der Waals surface area contributed by atoms with Crippen LogP contribution >= 0.6 is 11.6 Å². The number of ether oxygens (including phenoxy) is 1. The minimum absolute atomic E-state index is 0.155. The molecule has 0 aliphatic carbocycles. The van der Waals surface area contributed by atoms with E-state index in [9.17, 15) is 18.0 Å². The van der Waals surface area contributed by atoms with E-state index in [1.54, 1.807) is 6.07 Å². The maximum atomic E-state index is 13.3. The number of urea groups is 1. The normalized spacial score (nSPS) is 12.0. The first-order chi connectivity index (χ1) is 16.4. The van der Waals surface area contributed by atoms with Gasteiger partial charge in [0.1, 0.15) is 17.3 Å². The van der Waals surface area contributed by atoms with Gasteiger partial charge in [-0.2, -0.15) is 13.2 Å². The summed E-state index contributed by atoms with van der Waals surface area (Å²) >= 11 is 6.29. The van der Waals surface area contributed by atoms with Gasteiger partial charge in [-0.05, 0) is 30.3 Å². The second-order valence-corrected chi connectivity index (χ2v) is 9.07. The van der Waals surface area contributed by atoms with Crippen molar-refractivity contribution in [2.24, 2.45) is 0 Å². The zero-order chi connectivity index (χ0) is 25.4. The Bertz CT molecular complexity index is 1400. The first-order valence-electron chi connectivity index (χ1n) is 10.4. The monoisotopic (exact) mass is 504 g/mol. The van der Waals surface area contributed by atoms with E-state index in [1.165, 1.54) is 42.6 Å². The number of halogens is 4. The summed E-state index contributed by atoms with van der Waals surface area (Å²) in [7, 11) is 0. The molecule has 0 unspecified atom stereocenters. The van der Waals surface area contributed by atoms with Crippen molar-refractivity contribution in [2.45, 2.75) is 32.4 Å². The van der Waals surface area contributed by atoms with Gasteiger partial charge >= 0.3 is 12.2 Å². The van der Waals surface area contributed by atoms with E-state index in [-0.39, 0.29) is 44.3 Å². The van der Waals surface area contributed by atoms with Crippen LogP contribution in [0.5, 0.6) is 11.5 Å². The van der Waals surface area contributed by atoms with E-state index in [0.717, 1.165) is 6.07 Å². The Morgan fingerprint density at radius 1 is 1.06 bits per heavy atom. The third-order valence-corrected chi connectivity index (χ3v) is 5.26. The highest BCUT2D eigenvalue weighted by Gasteiger charge is 2.33. The number of pyridine rings is 1. The number of rotatable bonds is 4. The molecule has 0 atom stereocenters. The minimum atomic E-state index is -4.55. The summed E-state index contributed by atoms with van der Waals surface area (Å²) in [6.07, 6.45) is -3.31.